The van der Waals surface area contributed by atoms with Crippen LogP contribution in [0.4, 0.5) is 0 Å². The van der Waals surface area contributed by atoms with Crippen LogP contribution >= 0.6 is 0 Å². The van der Waals surface area contributed by atoms with Crippen molar-refractivity contribution in [1.29, 1.82) is 0 Å². The molecule has 15 heavy (non-hydrogen) atoms. The number of nitrogens with one attached hydrogen (secondary N) is 1. The van der Waals surface area contributed by atoms with Crippen molar-refractivity contribution in [3.63, 3.8) is 0 Å². The van der Waals surface area contributed by atoms with Gasteiger partial charge in [-0.2, -0.15) is 0 Å². The lowest BCUT2D eigenvalue weighted by Crippen LogP contribution is -2.46. The molecule has 88 valence electrons. The van der Waals surface area contributed by atoms with E-state index in [0.29, 0.717) is 12.3 Å². The molecule has 5 nitrogen and oxygen atoms in total. The normalized spacial score (nSPS) is 14.7. The summed E-state index contributed by atoms with van der Waals surface area (Å²) in [6.45, 7) is 5.73. The molecule has 0 saturated carbocycles. The summed E-state index contributed by atoms with van der Waals surface area (Å²) in [5.74, 6) is -0.283. The summed E-state index contributed by atoms with van der Waals surface area (Å²) in [6, 6.07) is -0.770. The minimum Gasteiger partial charge on any atom is -0.370 e. The number of carbonyl (C=O) groups is 2. The Morgan fingerprint density at radius 2 is 1.80 bits per heavy atom. The van der Waals surface area contributed by atoms with Gasteiger partial charge in [0, 0.05) is 12.5 Å². The van der Waals surface area contributed by atoms with Crippen molar-refractivity contribution < 1.29 is 9.59 Å². The predicted octanol–water partition coefficient (Wildman–Crippen LogP) is -0.260. The molecule has 0 aromatic heterocycles. The highest BCUT2D eigenvalue weighted by Crippen LogP contribution is 2.03. The number of hydrogen-bond acceptors (Lipinski definition) is 3. The van der Waals surface area contributed by atoms with E-state index in [1.54, 1.807) is 6.92 Å². The van der Waals surface area contributed by atoms with Gasteiger partial charge in [0.2, 0.25) is 11.8 Å². The molecule has 0 fully saturated rings. The molecule has 0 aromatic rings. The Labute approximate surface area is 90.6 Å². The first-order valence-electron chi connectivity index (χ1n) is 5.17. The molecular formula is C10H21N3O2. The van der Waals surface area contributed by atoms with Crippen LogP contribution in [0.3, 0.4) is 0 Å². The molecule has 5 N–H and O–H groups in total. The smallest absolute Gasteiger partial charge is 0.237 e. The molecule has 2 atom stereocenters. The number of rotatable bonds is 6. The van der Waals surface area contributed by atoms with Gasteiger partial charge in [0.25, 0.3) is 0 Å². The third-order valence-corrected chi connectivity index (χ3v) is 1.96. The molecule has 0 radical (unpaired) electrons. The molecule has 0 rings (SSSR count). The molecule has 5 heteroatoms. The largest absolute Gasteiger partial charge is 0.370 e. The van der Waals surface area contributed by atoms with Crippen LogP contribution in [0.15, 0.2) is 0 Å². The molecule has 0 aliphatic rings. The van der Waals surface area contributed by atoms with Gasteiger partial charge < -0.3 is 16.8 Å². The molecule has 1 unspecified atom stereocenters. The van der Waals surface area contributed by atoms with Crippen LogP contribution in [0.1, 0.15) is 33.6 Å². The predicted molar refractivity (Wildman–Crippen MR) is 58.8 cm³/mol. The van der Waals surface area contributed by atoms with Gasteiger partial charge in [-0.25, -0.2) is 0 Å². The molecule has 0 saturated heterocycles. The Hall–Kier alpha value is -1.10. The van der Waals surface area contributed by atoms with Crippen LogP contribution < -0.4 is 16.8 Å². The van der Waals surface area contributed by atoms with E-state index < -0.39 is 11.9 Å². The minimum atomic E-state index is -0.514. The van der Waals surface area contributed by atoms with Crippen molar-refractivity contribution in [2.75, 3.05) is 0 Å². The topological polar surface area (TPSA) is 98.2 Å². The van der Waals surface area contributed by atoms with E-state index in [4.69, 9.17) is 11.5 Å². The van der Waals surface area contributed by atoms with Crippen LogP contribution in [-0.2, 0) is 9.59 Å². The third kappa shape index (κ3) is 6.90. The average Bonchev–Trinajstić information content (AvgIpc) is 2.00. The van der Waals surface area contributed by atoms with Crippen molar-refractivity contribution in [1.82, 2.24) is 5.32 Å². The second kappa shape index (κ2) is 6.40. The Kier molecular flexibility index (Phi) is 5.93. The fourth-order valence-corrected chi connectivity index (χ4v) is 1.32. The first-order valence-corrected chi connectivity index (χ1v) is 5.17. The summed E-state index contributed by atoms with van der Waals surface area (Å²) in [6.07, 6.45) is 0.773. The first kappa shape index (κ1) is 13.9. The van der Waals surface area contributed by atoms with Crippen LogP contribution in [0.25, 0.3) is 0 Å². The van der Waals surface area contributed by atoms with Gasteiger partial charge in [-0.05, 0) is 19.3 Å². The van der Waals surface area contributed by atoms with Crippen molar-refractivity contribution >= 4 is 11.8 Å². The second-order valence-electron chi connectivity index (χ2n) is 4.32. The number of nitrogens with two attached hydrogens (primary N) is 2. The van der Waals surface area contributed by atoms with Gasteiger partial charge in [0.1, 0.15) is 0 Å². The Bertz CT molecular complexity index is 229. The van der Waals surface area contributed by atoms with Gasteiger partial charge in [0.15, 0.2) is 0 Å². The fourth-order valence-electron chi connectivity index (χ4n) is 1.32. The first-order chi connectivity index (χ1) is 6.82. The fraction of sp³-hybridized carbons (Fsp3) is 0.800. The van der Waals surface area contributed by atoms with Gasteiger partial charge in [-0.1, -0.05) is 13.8 Å². The number of hydrogen-bond donors (Lipinski definition) is 3. The molecule has 0 spiro atoms. The number of primary amides is 1. The van der Waals surface area contributed by atoms with Crippen molar-refractivity contribution in [3.05, 3.63) is 0 Å². The van der Waals surface area contributed by atoms with E-state index in [1.807, 2.05) is 13.8 Å². The van der Waals surface area contributed by atoms with Crippen molar-refractivity contribution in [3.8, 4) is 0 Å². The van der Waals surface area contributed by atoms with Crippen LogP contribution in [0, 0.1) is 5.92 Å². The second-order valence-corrected chi connectivity index (χ2v) is 4.32. The monoisotopic (exact) mass is 215 g/mol. The highest BCUT2D eigenvalue weighted by atomic mass is 16.2. The van der Waals surface area contributed by atoms with Gasteiger partial charge in [0.05, 0.1) is 6.04 Å². The maximum absolute atomic E-state index is 11.5. The van der Waals surface area contributed by atoms with E-state index in [-0.39, 0.29) is 18.4 Å². The maximum atomic E-state index is 11.5. The quantitative estimate of drug-likeness (QED) is 0.569. The molecule has 0 aliphatic carbocycles. The minimum absolute atomic E-state index is 0.139. The molecular weight excluding hydrogens is 194 g/mol. The molecule has 0 aromatic carbocycles. The standard InChI is InChI=1S/C10H21N3O2/c1-6(2)4-8(11)10(15)13-7(3)5-9(12)14/h6-8H,4-5,11H2,1-3H3,(H2,12,14)(H,13,15)/t7?,8-/m0/s1. The van der Waals surface area contributed by atoms with E-state index >= 15 is 0 Å². The van der Waals surface area contributed by atoms with Crippen LogP contribution in [-0.4, -0.2) is 23.9 Å². The SMILES string of the molecule is CC(C)C[C@H](N)C(=O)NC(C)CC(N)=O. The lowest BCUT2D eigenvalue weighted by molar-refractivity contribution is -0.123. The maximum Gasteiger partial charge on any atom is 0.237 e. The van der Waals surface area contributed by atoms with Crippen molar-refractivity contribution in [2.45, 2.75) is 45.7 Å². The molecule has 0 aliphatic heterocycles. The summed E-state index contributed by atoms with van der Waals surface area (Å²) in [4.78, 5) is 22.1. The van der Waals surface area contributed by atoms with Crippen LogP contribution in [0.2, 0.25) is 0 Å². The zero-order chi connectivity index (χ0) is 12.0. The Balaban J connectivity index is 3.95. The van der Waals surface area contributed by atoms with Gasteiger partial charge >= 0.3 is 0 Å². The van der Waals surface area contributed by atoms with E-state index in [1.165, 1.54) is 0 Å². The van der Waals surface area contributed by atoms with Crippen LogP contribution in [0.5, 0.6) is 0 Å². The van der Waals surface area contributed by atoms with Gasteiger partial charge in [-0.3, -0.25) is 9.59 Å². The summed E-state index contributed by atoms with van der Waals surface area (Å²) in [5, 5.41) is 2.65. The summed E-state index contributed by atoms with van der Waals surface area (Å²) in [5.41, 5.74) is 10.7. The zero-order valence-electron chi connectivity index (χ0n) is 9.62. The Morgan fingerprint density at radius 1 is 1.27 bits per heavy atom. The average molecular weight is 215 g/mol. The zero-order valence-corrected chi connectivity index (χ0v) is 9.62. The number of amides is 2. The summed E-state index contributed by atoms with van der Waals surface area (Å²) >= 11 is 0. The summed E-state index contributed by atoms with van der Waals surface area (Å²) < 4.78 is 0. The van der Waals surface area contributed by atoms with E-state index in [2.05, 4.69) is 5.32 Å². The molecule has 0 bridgehead atoms. The molecule has 0 heterocycles. The molecule has 2 amide bonds. The highest BCUT2D eigenvalue weighted by Gasteiger charge is 2.17. The van der Waals surface area contributed by atoms with Gasteiger partial charge in [-0.15, -0.1) is 0 Å². The van der Waals surface area contributed by atoms with Crippen molar-refractivity contribution in [2.24, 2.45) is 17.4 Å². The summed E-state index contributed by atoms with van der Waals surface area (Å²) in [7, 11) is 0. The lowest BCUT2D eigenvalue weighted by atomic mass is 10.0. The number of carbonyl (C=O) groups excluding carboxylic acids is 2. The third-order valence-electron chi connectivity index (χ3n) is 1.96. The highest BCUT2D eigenvalue weighted by molar-refractivity contribution is 5.82. The van der Waals surface area contributed by atoms with E-state index in [9.17, 15) is 9.59 Å². The van der Waals surface area contributed by atoms with E-state index in [0.717, 1.165) is 0 Å². The lowest BCUT2D eigenvalue weighted by Gasteiger charge is -2.17. The Morgan fingerprint density at radius 3 is 2.20 bits per heavy atom.